The van der Waals surface area contributed by atoms with Crippen molar-refractivity contribution < 1.29 is 9.13 Å². The maximum absolute atomic E-state index is 13.6. The van der Waals surface area contributed by atoms with E-state index in [-0.39, 0.29) is 11.9 Å². The van der Waals surface area contributed by atoms with Gasteiger partial charge in [0, 0.05) is 10.5 Å². The predicted octanol–water partition coefficient (Wildman–Crippen LogP) is 4.26. The molecule has 4 heteroatoms. The quantitative estimate of drug-likeness (QED) is 0.806. The number of benzene rings is 2. The van der Waals surface area contributed by atoms with E-state index in [1.165, 1.54) is 17.0 Å². The molecular formula is C17H20FNOS. The van der Waals surface area contributed by atoms with Crippen LogP contribution in [0.2, 0.25) is 0 Å². The first kappa shape index (κ1) is 15.9. The molecule has 0 aliphatic rings. The van der Waals surface area contributed by atoms with Crippen molar-refractivity contribution in [3.63, 3.8) is 0 Å². The number of hydrogen-bond donors (Lipinski definition) is 1. The highest BCUT2D eigenvalue weighted by Crippen LogP contribution is 2.31. The Balaban J connectivity index is 2.37. The molecule has 1 atom stereocenters. The minimum atomic E-state index is -0.260. The molecule has 112 valence electrons. The van der Waals surface area contributed by atoms with Gasteiger partial charge in [0.05, 0.1) is 13.2 Å². The summed E-state index contributed by atoms with van der Waals surface area (Å²) in [4.78, 5) is 1.24. The summed E-state index contributed by atoms with van der Waals surface area (Å²) >= 11 is 1.80. The van der Waals surface area contributed by atoms with Gasteiger partial charge in [-0.3, -0.25) is 0 Å². The molecule has 0 heterocycles. The fraction of sp³-hybridized carbons (Fsp3) is 0.294. The Morgan fingerprint density at radius 2 is 1.90 bits per heavy atom. The summed E-state index contributed by atoms with van der Waals surface area (Å²) in [5, 5.41) is 3.23. The Bertz CT molecular complexity index is 586. The highest BCUT2D eigenvalue weighted by Gasteiger charge is 2.17. The summed E-state index contributed by atoms with van der Waals surface area (Å²) in [6, 6.07) is 12.8. The van der Waals surface area contributed by atoms with Crippen LogP contribution in [0.15, 0.2) is 47.4 Å². The Labute approximate surface area is 129 Å². The number of rotatable bonds is 6. The smallest absolute Gasteiger partial charge is 0.124 e. The minimum Gasteiger partial charge on any atom is -0.496 e. The van der Waals surface area contributed by atoms with Gasteiger partial charge in [-0.25, -0.2) is 4.39 Å². The largest absolute Gasteiger partial charge is 0.496 e. The second-order valence-corrected chi connectivity index (χ2v) is 5.95. The van der Waals surface area contributed by atoms with E-state index in [0.717, 1.165) is 16.9 Å². The Hall–Kier alpha value is -1.52. The van der Waals surface area contributed by atoms with Crippen LogP contribution in [0, 0.1) is 5.82 Å². The summed E-state index contributed by atoms with van der Waals surface area (Å²) in [6.07, 6.45) is 0. The first-order chi connectivity index (χ1) is 10.2. The average molecular weight is 305 g/mol. The maximum Gasteiger partial charge on any atom is 0.124 e. The van der Waals surface area contributed by atoms with E-state index in [2.05, 4.69) is 36.5 Å². The van der Waals surface area contributed by atoms with E-state index in [1.54, 1.807) is 24.9 Å². The van der Waals surface area contributed by atoms with E-state index >= 15 is 0 Å². The summed E-state index contributed by atoms with van der Waals surface area (Å²) in [5.74, 6) is 1.47. The molecule has 0 bridgehead atoms. The van der Waals surface area contributed by atoms with Crippen LogP contribution in [0.3, 0.4) is 0 Å². The number of hydrogen-bond acceptors (Lipinski definition) is 3. The SMILES string of the molecule is CCSc1ccc(C(NC)c2cc(F)ccc2OC)cc1. The molecule has 2 aromatic carbocycles. The third kappa shape index (κ3) is 3.77. The lowest BCUT2D eigenvalue weighted by atomic mass is 9.98. The van der Waals surface area contributed by atoms with E-state index < -0.39 is 0 Å². The van der Waals surface area contributed by atoms with Gasteiger partial charge in [0.2, 0.25) is 0 Å². The van der Waals surface area contributed by atoms with Crippen molar-refractivity contribution in [1.82, 2.24) is 5.32 Å². The number of nitrogens with one attached hydrogen (secondary N) is 1. The van der Waals surface area contributed by atoms with Gasteiger partial charge in [0.15, 0.2) is 0 Å². The zero-order valence-electron chi connectivity index (χ0n) is 12.5. The average Bonchev–Trinajstić information content (AvgIpc) is 2.50. The summed E-state index contributed by atoms with van der Waals surface area (Å²) < 4.78 is 18.9. The second kappa shape index (κ2) is 7.48. The molecule has 0 saturated heterocycles. The van der Waals surface area contributed by atoms with Gasteiger partial charge < -0.3 is 10.1 Å². The molecule has 21 heavy (non-hydrogen) atoms. The lowest BCUT2D eigenvalue weighted by Gasteiger charge is -2.20. The number of methoxy groups -OCH3 is 1. The number of ether oxygens (including phenoxy) is 1. The van der Waals surface area contributed by atoms with Gasteiger partial charge in [-0.1, -0.05) is 19.1 Å². The Morgan fingerprint density at radius 3 is 2.48 bits per heavy atom. The summed E-state index contributed by atoms with van der Waals surface area (Å²) in [5.41, 5.74) is 1.89. The summed E-state index contributed by atoms with van der Waals surface area (Å²) in [6.45, 7) is 2.13. The van der Waals surface area contributed by atoms with Gasteiger partial charge in [-0.2, -0.15) is 0 Å². The fourth-order valence-electron chi connectivity index (χ4n) is 2.36. The molecule has 0 spiro atoms. The standard InChI is InChI=1S/C17H20FNOS/c1-4-21-14-8-5-12(6-9-14)17(19-2)15-11-13(18)7-10-16(15)20-3/h5-11,17,19H,4H2,1-3H3. The molecule has 2 aromatic rings. The number of thioether (sulfide) groups is 1. The molecule has 2 nitrogen and oxygen atoms in total. The third-order valence-electron chi connectivity index (χ3n) is 3.32. The van der Waals surface area contributed by atoms with E-state index in [0.29, 0.717) is 5.75 Å². The molecule has 0 saturated carbocycles. The number of halogens is 1. The second-order valence-electron chi connectivity index (χ2n) is 4.61. The van der Waals surface area contributed by atoms with Crippen molar-refractivity contribution in [2.75, 3.05) is 19.9 Å². The highest BCUT2D eigenvalue weighted by molar-refractivity contribution is 7.99. The fourth-order valence-corrected chi connectivity index (χ4v) is 3.02. The lowest BCUT2D eigenvalue weighted by Crippen LogP contribution is -2.18. The van der Waals surface area contributed by atoms with Crippen molar-refractivity contribution in [3.05, 3.63) is 59.4 Å². The van der Waals surface area contributed by atoms with Gasteiger partial charge in [-0.05, 0) is 48.7 Å². The highest BCUT2D eigenvalue weighted by atomic mass is 32.2. The molecule has 0 radical (unpaired) electrons. The van der Waals surface area contributed by atoms with Crippen LogP contribution in [0.25, 0.3) is 0 Å². The molecule has 1 unspecified atom stereocenters. The Morgan fingerprint density at radius 1 is 1.19 bits per heavy atom. The molecule has 0 amide bonds. The normalized spacial score (nSPS) is 12.2. The maximum atomic E-state index is 13.6. The zero-order valence-corrected chi connectivity index (χ0v) is 13.3. The van der Waals surface area contributed by atoms with Crippen LogP contribution in [-0.2, 0) is 0 Å². The van der Waals surface area contributed by atoms with Crippen LogP contribution in [0.5, 0.6) is 5.75 Å². The van der Waals surface area contributed by atoms with Crippen LogP contribution in [0.4, 0.5) is 4.39 Å². The van der Waals surface area contributed by atoms with Gasteiger partial charge in [-0.15, -0.1) is 11.8 Å². The molecule has 0 aromatic heterocycles. The zero-order chi connectivity index (χ0) is 15.2. The minimum absolute atomic E-state index is 0.101. The molecule has 0 aliphatic carbocycles. The van der Waals surface area contributed by atoms with E-state index in [9.17, 15) is 4.39 Å². The monoisotopic (exact) mass is 305 g/mol. The van der Waals surface area contributed by atoms with Crippen molar-refractivity contribution in [3.8, 4) is 5.75 Å². The third-order valence-corrected chi connectivity index (χ3v) is 4.21. The van der Waals surface area contributed by atoms with Crippen molar-refractivity contribution in [1.29, 1.82) is 0 Å². The predicted molar refractivity (Wildman–Crippen MR) is 86.7 cm³/mol. The molecular weight excluding hydrogens is 285 g/mol. The van der Waals surface area contributed by atoms with Gasteiger partial charge >= 0.3 is 0 Å². The van der Waals surface area contributed by atoms with Gasteiger partial charge in [0.25, 0.3) is 0 Å². The first-order valence-corrected chi connectivity index (χ1v) is 7.91. The Kier molecular flexibility index (Phi) is 5.65. The van der Waals surface area contributed by atoms with Crippen LogP contribution in [0.1, 0.15) is 24.1 Å². The first-order valence-electron chi connectivity index (χ1n) is 6.93. The van der Waals surface area contributed by atoms with Crippen LogP contribution >= 0.6 is 11.8 Å². The van der Waals surface area contributed by atoms with Crippen LogP contribution in [-0.4, -0.2) is 19.9 Å². The van der Waals surface area contributed by atoms with E-state index in [4.69, 9.17) is 4.74 Å². The van der Waals surface area contributed by atoms with Crippen molar-refractivity contribution in [2.45, 2.75) is 17.9 Å². The summed E-state index contributed by atoms with van der Waals surface area (Å²) in [7, 11) is 3.47. The lowest BCUT2D eigenvalue weighted by molar-refractivity contribution is 0.404. The topological polar surface area (TPSA) is 21.3 Å². The van der Waals surface area contributed by atoms with Crippen LogP contribution < -0.4 is 10.1 Å². The molecule has 0 aliphatic heterocycles. The van der Waals surface area contributed by atoms with Crippen molar-refractivity contribution in [2.24, 2.45) is 0 Å². The molecule has 2 rings (SSSR count). The van der Waals surface area contributed by atoms with E-state index in [1.807, 2.05) is 7.05 Å². The van der Waals surface area contributed by atoms with Gasteiger partial charge in [0.1, 0.15) is 11.6 Å². The molecule has 0 fully saturated rings. The van der Waals surface area contributed by atoms with Crippen molar-refractivity contribution >= 4 is 11.8 Å². The molecule has 1 N–H and O–H groups in total.